The number of rotatable bonds is 34. The lowest BCUT2D eigenvalue weighted by molar-refractivity contribution is -0.150. The normalized spacial score (nSPS) is 11.6. The third-order valence-electron chi connectivity index (χ3n) is 9.10. The number of nitrogens with zero attached hydrogens (tertiary/aromatic N) is 1. The molecule has 0 aromatic rings. The molecule has 0 heterocycles. The Bertz CT molecular complexity index is 685. The number of carbonyl (C=O) groups is 3. The number of ether oxygens (including phenoxy) is 3. The second-order valence-corrected chi connectivity index (χ2v) is 13.6. The fraction of sp³-hybridized carbons (Fsp3) is 0.923. The van der Waals surface area contributed by atoms with E-state index in [1.165, 1.54) is 0 Å². The molecule has 0 spiro atoms. The van der Waals surface area contributed by atoms with Gasteiger partial charge in [-0.25, -0.2) is 0 Å². The summed E-state index contributed by atoms with van der Waals surface area (Å²) in [5.74, 6) is -0.140. The van der Waals surface area contributed by atoms with Crippen LogP contribution in [0.3, 0.4) is 0 Å². The molecule has 0 saturated heterocycles. The summed E-state index contributed by atoms with van der Waals surface area (Å²) in [7, 11) is 1.89. The summed E-state index contributed by atoms with van der Waals surface area (Å²) in [5.41, 5.74) is 0. The van der Waals surface area contributed by atoms with Crippen LogP contribution in [0.2, 0.25) is 0 Å². The monoisotopic (exact) mass is 670 g/mol. The molecule has 0 aliphatic rings. The number of hydrogen-bond acceptors (Lipinski definition) is 8. The molecule has 0 fully saturated rings. The summed E-state index contributed by atoms with van der Waals surface area (Å²) >= 11 is 0. The van der Waals surface area contributed by atoms with Crippen molar-refractivity contribution in [2.45, 2.75) is 181 Å². The average molecular weight is 670 g/mol. The molecular formula is C39H75NO7. The van der Waals surface area contributed by atoms with Crippen molar-refractivity contribution in [2.75, 3.05) is 40.0 Å². The number of aliphatic hydroxyl groups excluding tert-OH is 1. The van der Waals surface area contributed by atoms with Gasteiger partial charge in [-0.1, -0.05) is 105 Å². The van der Waals surface area contributed by atoms with Crippen LogP contribution < -0.4 is 0 Å². The maximum absolute atomic E-state index is 12.6. The molecule has 278 valence electrons. The predicted molar refractivity (Wildman–Crippen MR) is 192 cm³/mol. The van der Waals surface area contributed by atoms with E-state index in [-0.39, 0.29) is 42.5 Å². The third-order valence-corrected chi connectivity index (χ3v) is 9.10. The highest BCUT2D eigenvalue weighted by Crippen LogP contribution is 2.20. The first-order valence-corrected chi connectivity index (χ1v) is 19.6. The molecule has 1 N–H and O–H groups in total. The highest BCUT2D eigenvalue weighted by Gasteiger charge is 2.20. The van der Waals surface area contributed by atoms with Crippen LogP contribution in [0, 0.1) is 11.8 Å². The molecule has 0 aromatic heterocycles. The smallest absolute Gasteiger partial charge is 0.308 e. The predicted octanol–water partition coefficient (Wildman–Crippen LogP) is 9.19. The van der Waals surface area contributed by atoms with Gasteiger partial charge in [0.15, 0.2) is 0 Å². The van der Waals surface area contributed by atoms with Crippen LogP contribution >= 0.6 is 0 Å². The fourth-order valence-corrected chi connectivity index (χ4v) is 5.87. The van der Waals surface area contributed by atoms with Gasteiger partial charge in [-0.05, 0) is 71.3 Å². The molecule has 0 saturated carbocycles. The molecule has 0 amide bonds. The summed E-state index contributed by atoms with van der Waals surface area (Å²) in [5, 5.41) is 9.12. The van der Waals surface area contributed by atoms with E-state index < -0.39 is 0 Å². The maximum atomic E-state index is 12.6. The summed E-state index contributed by atoms with van der Waals surface area (Å²) < 4.78 is 17.2. The van der Waals surface area contributed by atoms with E-state index in [2.05, 4.69) is 27.7 Å². The SMILES string of the molecule is CCCCC(CCCC)C(=O)OCCCCCCC(CCCCCCOC(=O)C(CCCC)CCCC)OC(=O)CCN(C)CCO. The number of esters is 3. The van der Waals surface area contributed by atoms with E-state index in [0.717, 1.165) is 141 Å². The van der Waals surface area contributed by atoms with Gasteiger partial charge in [-0.2, -0.15) is 0 Å². The van der Waals surface area contributed by atoms with E-state index in [1.54, 1.807) is 0 Å². The van der Waals surface area contributed by atoms with Crippen LogP contribution in [-0.4, -0.2) is 74.0 Å². The van der Waals surface area contributed by atoms with Crippen LogP contribution in [0.5, 0.6) is 0 Å². The van der Waals surface area contributed by atoms with Gasteiger partial charge in [-0.3, -0.25) is 14.4 Å². The first-order chi connectivity index (χ1) is 22.8. The quantitative estimate of drug-likeness (QED) is 0.0411. The first-order valence-electron chi connectivity index (χ1n) is 19.6. The van der Waals surface area contributed by atoms with E-state index >= 15 is 0 Å². The van der Waals surface area contributed by atoms with Crippen molar-refractivity contribution in [3.8, 4) is 0 Å². The second-order valence-electron chi connectivity index (χ2n) is 13.6. The Morgan fingerprint density at radius 1 is 0.553 bits per heavy atom. The van der Waals surface area contributed by atoms with E-state index in [0.29, 0.717) is 32.7 Å². The van der Waals surface area contributed by atoms with E-state index in [9.17, 15) is 14.4 Å². The van der Waals surface area contributed by atoms with Gasteiger partial charge >= 0.3 is 17.9 Å². The molecule has 47 heavy (non-hydrogen) atoms. The number of unbranched alkanes of at least 4 members (excludes halogenated alkanes) is 10. The van der Waals surface area contributed by atoms with Crippen molar-refractivity contribution in [3.63, 3.8) is 0 Å². The van der Waals surface area contributed by atoms with E-state index in [4.69, 9.17) is 19.3 Å². The van der Waals surface area contributed by atoms with Gasteiger partial charge in [0.05, 0.1) is 38.1 Å². The zero-order chi connectivity index (χ0) is 35.0. The molecular weight excluding hydrogens is 594 g/mol. The lowest BCUT2D eigenvalue weighted by Gasteiger charge is -2.20. The van der Waals surface area contributed by atoms with Crippen LogP contribution in [0.25, 0.3) is 0 Å². The van der Waals surface area contributed by atoms with Gasteiger partial charge in [0.2, 0.25) is 0 Å². The fourth-order valence-electron chi connectivity index (χ4n) is 5.87. The number of aliphatic hydroxyl groups is 1. The Balaban J connectivity index is 4.52. The zero-order valence-corrected chi connectivity index (χ0v) is 31.4. The largest absolute Gasteiger partial charge is 0.465 e. The third kappa shape index (κ3) is 26.9. The second kappa shape index (κ2) is 32.9. The molecule has 0 bridgehead atoms. The molecule has 0 aromatic carbocycles. The maximum Gasteiger partial charge on any atom is 0.308 e. The number of hydrogen-bond donors (Lipinski definition) is 1. The average Bonchev–Trinajstić information content (AvgIpc) is 3.06. The van der Waals surface area contributed by atoms with Crippen molar-refractivity contribution >= 4 is 17.9 Å². The van der Waals surface area contributed by atoms with Gasteiger partial charge in [0.1, 0.15) is 6.10 Å². The highest BCUT2D eigenvalue weighted by atomic mass is 16.5. The molecule has 8 nitrogen and oxygen atoms in total. The van der Waals surface area contributed by atoms with Gasteiger partial charge in [0.25, 0.3) is 0 Å². The molecule has 8 heteroatoms. The lowest BCUT2D eigenvalue weighted by atomic mass is 9.96. The van der Waals surface area contributed by atoms with Crippen molar-refractivity contribution in [2.24, 2.45) is 11.8 Å². The van der Waals surface area contributed by atoms with Gasteiger partial charge in [-0.15, -0.1) is 0 Å². The number of carbonyl (C=O) groups excluding carboxylic acids is 3. The molecule has 0 atom stereocenters. The summed E-state index contributed by atoms with van der Waals surface area (Å²) in [6.45, 7) is 10.8. The van der Waals surface area contributed by atoms with Crippen molar-refractivity contribution in [1.82, 2.24) is 4.90 Å². The Kier molecular flexibility index (Phi) is 31.7. The Morgan fingerprint density at radius 2 is 0.957 bits per heavy atom. The molecule has 0 aliphatic carbocycles. The lowest BCUT2D eigenvalue weighted by Crippen LogP contribution is -2.27. The standard InChI is InChI=1S/C39H75NO7/c1-6-10-22-34(23-11-7-2)38(43)45-32-20-16-14-18-26-36(47-37(42)28-29-40(5)30-31-41)27-19-15-17-21-33-46-39(44)35(24-12-8-3)25-13-9-4/h34-36,41H,6-33H2,1-5H3. The summed E-state index contributed by atoms with van der Waals surface area (Å²) in [6, 6.07) is 0. The van der Waals surface area contributed by atoms with Crippen molar-refractivity contribution in [3.05, 3.63) is 0 Å². The highest BCUT2D eigenvalue weighted by molar-refractivity contribution is 5.72. The summed E-state index contributed by atoms with van der Waals surface area (Å²) in [4.78, 5) is 39.7. The molecule has 0 radical (unpaired) electrons. The summed E-state index contributed by atoms with van der Waals surface area (Å²) in [6.07, 6.45) is 22.0. The van der Waals surface area contributed by atoms with Gasteiger partial charge in [0, 0.05) is 13.1 Å². The minimum Gasteiger partial charge on any atom is -0.465 e. The Labute approximate surface area is 289 Å². The van der Waals surface area contributed by atoms with Crippen LogP contribution in [0.15, 0.2) is 0 Å². The van der Waals surface area contributed by atoms with Crippen LogP contribution in [0.1, 0.15) is 175 Å². The van der Waals surface area contributed by atoms with Crippen molar-refractivity contribution in [1.29, 1.82) is 0 Å². The minimum atomic E-state index is -0.181. The Hall–Kier alpha value is -1.67. The topological polar surface area (TPSA) is 102 Å². The van der Waals surface area contributed by atoms with Crippen LogP contribution in [0.4, 0.5) is 0 Å². The van der Waals surface area contributed by atoms with Crippen LogP contribution in [-0.2, 0) is 28.6 Å². The Morgan fingerprint density at radius 3 is 1.34 bits per heavy atom. The zero-order valence-electron chi connectivity index (χ0n) is 31.4. The minimum absolute atomic E-state index is 0.0233. The van der Waals surface area contributed by atoms with Crippen molar-refractivity contribution < 1.29 is 33.7 Å². The molecule has 0 aliphatic heterocycles. The molecule has 0 rings (SSSR count). The first kappa shape index (κ1) is 45.3. The van der Waals surface area contributed by atoms with Gasteiger partial charge < -0.3 is 24.2 Å². The van der Waals surface area contributed by atoms with E-state index in [1.807, 2.05) is 11.9 Å². The molecule has 0 unspecified atom stereocenters. The number of likely N-dealkylation sites (N-methyl/N-ethyl adjacent to an activating group) is 1.